The molecule has 0 aliphatic carbocycles. The second kappa shape index (κ2) is 15.0. The van der Waals surface area contributed by atoms with Gasteiger partial charge in [-0.1, -0.05) is 79.2 Å². The van der Waals surface area contributed by atoms with Gasteiger partial charge in [-0.15, -0.1) is 0 Å². The molecule has 2 amide bonds. The van der Waals surface area contributed by atoms with Crippen LogP contribution in [0.1, 0.15) is 31.4 Å². The average Bonchev–Trinajstić information content (AvgIpc) is 3.03. The Kier molecular flexibility index (Phi) is 11.1. The third kappa shape index (κ3) is 8.45. The summed E-state index contributed by atoms with van der Waals surface area (Å²) in [6.45, 7) is 3.18. The van der Waals surface area contributed by atoms with Crippen molar-refractivity contribution < 1.29 is 22.4 Å². The first kappa shape index (κ1) is 32.7. The zero-order valence-corrected chi connectivity index (χ0v) is 26.1. The molecule has 4 rings (SSSR count). The molecule has 0 spiro atoms. The van der Waals surface area contributed by atoms with Crippen LogP contribution < -0.4 is 9.62 Å². The fourth-order valence-electron chi connectivity index (χ4n) is 4.64. The van der Waals surface area contributed by atoms with Crippen molar-refractivity contribution in [1.29, 1.82) is 0 Å². The molecule has 0 unspecified atom stereocenters. The predicted molar refractivity (Wildman–Crippen MR) is 171 cm³/mol. The number of para-hydroxylation sites is 1. The first-order valence-corrected chi connectivity index (χ1v) is 16.1. The summed E-state index contributed by atoms with van der Waals surface area (Å²) in [4.78, 5) is 29.5. The minimum absolute atomic E-state index is 0.0426. The summed E-state index contributed by atoms with van der Waals surface area (Å²) in [5.41, 5.74) is 1.68. The Morgan fingerprint density at radius 3 is 2.02 bits per heavy atom. The fourth-order valence-corrected chi connectivity index (χ4v) is 6.18. The maximum Gasteiger partial charge on any atom is 0.264 e. The summed E-state index contributed by atoms with van der Waals surface area (Å²) >= 11 is 6.02. The highest BCUT2D eigenvalue weighted by Gasteiger charge is 2.35. The molecular weight excluding hydrogens is 601 g/mol. The number of nitrogens with zero attached hydrogens (tertiary/aromatic N) is 2. The van der Waals surface area contributed by atoms with Gasteiger partial charge >= 0.3 is 0 Å². The van der Waals surface area contributed by atoms with Gasteiger partial charge in [-0.3, -0.25) is 13.9 Å². The molecule has 0 bridgehead atoms. The van der Waals surface area contributed by atoms with Crippen molar-refractivity contribution in [2.24, 2.45) is 0 Å². The summed E-state index contributed by atoms with van der Waals surface area (Å²) < 4.78 is 42.8. The van der Waals surface area contributed by atoms with Crippen LogP contribution in [0.3, 0.4) is 0 Å². The van der Waals surface area contributed by atoms with Crippen molar-refractivity contribution in [2.75, 3.05) is 10.8 Å². The van der Waals surface area contributed by atoms with E-state index in [0.717, 1.165) is 9.87 Å². The van der Waals surface area contributed by atoms with Gasteiger partial charge in [0, 0.05) is 24.0 Å². The summed E-state index contributed by atoms with van der Waals surface area (Å²) in [5.74, 6) is -1.41. The van der Waals surface area contributed by atoms with Crippen LogP contribution in [-0.2, 0) is 32.6 Å². The van der Waals surface area contributed by atoms with Crippen LogP contribution in [0.15, 0.2) is 114 Å². The summed E-state index contributed by atoms with van der Waals surface area (Å²) in [7, 11) is -4.23. The van der Waals surface area contributed by atoms with E-state index in [9.17, 15) is 22.4 Å². The Balaban J connectivity index is 1.78. The molecule has 230 valence electrons. The maximum absolute atomic E-state index is 14.4. The SMILES string of the molecule is CC[C@H](C)NC(=O)[C@H](Cc1ccccc1)N(Cc1ccc(F)cc1)C(=O)CN(c1ccccc1)S(=O)(=O)c1ccc(Cl)cc1. The topological polar surface area (TPSA) is 86.8 Å². The van der Waals surface area contributed by atoms with E-state index in [4.69, 9.17) is 11.6 Å². The van der Waals surface area contributed by atoms with Crippen molar-refractivity contribution in [3.05, 3.63) is 131 Å². The van der Waals surface area contributed by atoms with Gasteiger partial charge in [-0.25, -0.2) is 12.8 Å². The Hall–Kier alpha value is -4.21. The minimum atomic E-state index is -4.23. The van der Waals surface area contributed by atoms with E-state index in [-0.39, 0.29) is 35.5 Å². The molecule has 0 heterocycles. The predicted octanol–water partition coefficient (Wildman–Crippen LogP) is 6.23. The molecule has 44 heavy (non-hydrogen) atoms. The van der Waals surface area contributed by atoms with E-state index in [1.54, 1.807) is 42.5 Å². The number of hydrogen-bond acceptors (Lipinski definition) is 4. The lowest BCUT2D eigenvalue weighted by molar-refractivity contribution is -0.140. The van der Waals surface area contributed by atoms with Crippen molar-refractivity contribution >= 4 is 39.1 Å². The van der Waals surface area contributed by atoms with Gasteiger partial charge < -0.3 is 10.2 Å². The second-order valence-electron chi connectivity index (χ2n) is 10.5. The smallest absolute Gasteiger partial charge is 0.264 e. The Labute approximate surface area is 263 Å². The number of carbonyl (C=O) groups is 2. The average molecular weight is 636 g/mol. The number of benzene rings is 4. The second-order valence-corrected chi connectivity index (χ2v) is 12.8. The van der Waals surface area contributed by atoms with E-state index >= 15 is 0 Å². The van der Waals surface area contributed by atoms with E-state index in [1.807, 2.05) is 44.2 Å². The van der Waals surface area contributed by atoms with Gasteiger partial charge in [0.15, 0.2) is 0 Å². The van der Waals surface area contributed by atoms with Gasteiger partial charge in [0.25, 0.3) is 10.0 Å². The van der Waals surface area contributed by atoms with Crippen LogP contribution >= 0.6 is 11.6 Å². The Morgan fingerprint density at radius 1 is 0.841 bits per heavy atom. The van der Waals surface area contributed by atoms with Crippen molar-refractivity contribution in [3.63, 3.8) is 0 Å². The molecule has 7 nitrogen and oxygen atoms in total. The lowest BCUT2D eigenvalue weighted by Gasteiger charge is -2.34. The first-order valence-electron chi connectivity index (χ1n) is 14.3. The molecule has 4 aromatic rings. The molecule has 4 aromatic carbocycles. The van der Waals surface area contributed by atoms with Gasteiger partial charge in [-0.2, -0.15) is 0 Å². The molecule has 0 saturated heterocycles. The van der Waals surface area contributed by atoms with Crippen LogP contribution in [0.5, 0.6) is 0 Å². The van der Waals surface area contributed by atoms with E-state index in [0.29, 0.717) is 17.0 Å². The Morgan fingerprint density at radius 2 is 1.43 bits per heavy atom. The van der Waals surface area contributed by atoms with Crippen LogP contribution in [0, 0.1) is 5.82 Å². The molecule has 0 aromatic heterocycles. The lowest BCUT2D eigenvalue weighted by atomic mass is 10.0. The molecule has 2 atom stereocenters. The number of nitrogens with one attached hydrogen (secondary N) is 1. The third-order valence-electron chi connectivity index (χ3n) is 7.26. The van der Waals surface area contributed by atoms with E-state index in [1.165, 1.54) is 41.3 Å². The van der Waals surface area contributed by atoms with E-state index in [2.05, 4.69) is 5.32 Å². The maximum atomic E-state index is 14.4. The quantitative estimate of drug-likeness (QED) is 0.189. The highest BCUT2D eigenvalue weighted by molar-refractivity contribution is 7.92. The van der Waals surface area contributed by atoms with Gasteiger partial charge in [-0.05, 0) is 73.0 Å². The monoisotopic (exact) mass is 635 g/mol. The molecule has 0 aliphatic rings. The van der Waals surface area contributed by atoms with Crippen LogP contribution in [-0.4, -0.2) is 43.8 Å². The molecule has 10 heteroatoms. The molecule has 0 saturated carbocycles. The number of anilines is 1. The molecule has 1 N–H and O–H groups in total. The number of hydrogen-bond donors (Lipinski definition) is 1. The summed E-state index contributed by atoms with van der Waals surface area (Å²) in [6, 6.07) is 27.8. The fraction of sp³-hybridized carbons (Fsp3) is 0.235. The number of halogens is 2. The zero-order chi connectivity index (χ0) is 31.7. The van der Waals surface area contributed by atoms with Crippen LogP contribution in [0.2, 0.25) is 5.02 Å². The Bertz CT molecular complexity index is 1640. The highest BCUT2D eigenvalue weighted by atomic mass is 35.5. The summed E-state index contributed by atoms with van der Waals surface area (Å²) in [6.07, 6.45) is 0.863. The minimum Gasteiger partial charge on any atom is -0.352 e. The number of rotatable bonds is 13. The van der Waals surface area contributed by atoms with Crippen molar-refractivity contribution in [2.45, 2.75) is 50.2 Å². The zero-order valence-electron chi connectivity index (χ0n) is 24.6. The number of carbonyl (C=O) groups excluding carboxylic acids is 2. The van der Waals surface area contributed by atoms with Gasteiger partial charge in [0.2, 0.25) is 11.8 Å². The standard InChI is InChI=1S/C34H35ClFN3O4S/c1-3-25(2)37-34(41)32(22-26-10-6-4-7-11-26)38(23-27-14-18-29(36)19-15-27)33(40)24-39(30-12-8-5-9-13-30)44(42,43)31-20-16-28(35)17-21-31/h4-21,25,32H,3,22-24H2,1-2H3,(H,37,41)/t25-,32-/m0/s1. The third-order valence-corrected chi connectivity index (χ3v) is 9.30. The summed E-state index contributed by atoms with van der Waals surface area (Å²) in [5, 5.41) is 3.36. The lowest BCUT2D eigenvalue weighted by Crippen LogP contribution is -2.54. The van der Waals surface area contributed by atoms with Crippen LogP contribution in [0.4, 0.5) is 10.1 Å². The largest absolute Gasteiger partial charge is 0.352 e. The molecule has 0 fully saturated rings. The first-order chi connectivity index (χ1) is 21.1. The number of amides is 2. The number of sulfonamides is 1. The van der Waals surface area contributed by atoms with Crippen molar-refractivity contribution in [1.82, 2.24) is 10.2 Å². The normalized spacial score (nSPS) is 12.6. The molecular formula is C34H35ClFN3O4S. The van der Waals surface area contributed by atoms with Gasteiger partial charge in [0.05, 0.1) is 10.6 Å². The highest BCUT2D eigenvalue weighted by Crippen LogP contribution is 2.26. The molecule has 0 aliphatic heterocycles. The van der Waals surface area contributed by atoms with Crippen molar-refractivity contribution in [3.8, 4) is 0 Å². The van der Waals surface area contributed by atoms with E-state index < -0.39 is 34.3 Å². The van der Waals surface area contributed by atoms with Gasteiger partial charge in [0.1, 0.15) is 18.4 Å². The molecule has 0 radical (unpaired) electrons. The van der Waals surface area contributed by atoms with Crippen LogP contribution in [0.25, 0.3) is 0 Å².